The van der Waals surface area contributed by atoms with Crippen molar-refractivity contribution < 1.29 is 17.9 Å². The van der Waals surface area contributed by atoms with Crippen LogP contribution in [0.15, 0.2) is 47.4 Å². The monoisotopic (exact) mass is 442 g/mol. The number of carbonyl (C=O) groups is 1. The van der Waals surface area contributed by atoms with Gasteiger partial charge in [0.15, 0.2) is 0 Å². The summed E-state index contributed by atoms with van der Waals surface area (Å²) in [4.78, 5) is 16.2. The van der Waals surface area contributed by atoms with Crippen LogP contribution in [-0.2, 0) is 37.9 Å². The van der Waals surface area contributed by atoms with Crippen LogP contribution < -0.4 is 0 Å². The number of ether oxygens (including phenoxy) is 1. The van der Waals surface area contributed by atoms with E-state index in [-0.39, 0.29) is 5.91 Å². The van der Waals surface area contributed by atoms with Gasteiger partial charge in [-0.2, -0.15) is 0 Å². The minimum atomic E-state index is -3.52. The van der Waals surface area contributed by atoms with Gasteiger partial charge in [0, 0.05) is 40.4 Å². The molecule has 1 saturated heterocycles. The molecule has 1 fully saturated rings. The molecule has 2 aliphatic rings. The molecule has 0 saturated carbocycles. The minimum Gasteiger partial charge on any atom is -0.381 e. The second-order valence-corrected chi connectivity index (χ2v) is 10.8. The second-order valence-electron chi connectivity index (χ2n) is 8.67. The first-order chi connectivity index (χ1) is 14.8. The number of hydrogen-bond donors (Lipinski definition) is 0. The van der Waals surface area contributed by atoms with Crippen molar-refractivity contribution in [3.05, 3.63) is 64.7 Å². The molecule has 0 bridgehead atoms. The van der Waals surface area contributed by atoms with Crippen LogP contribution in [0, 0.1) is 6.92 Å². The van der Waals surface area contributed by atoms with Gasteiger partial charge in [0.25, 0.3) is 0 Å². The van der Waals surface area contributed by atoms with Gasteiger partial charge in [-0.1, -0.05) is 36.4 Å². The fourth-order valence-electron chi connectivity index (χ4n) is 4.92. The summed E-state index contributed by atoms with van der Waals surface area (Å²) in [6.07, 6.45) is 1.86. The van der Waals surface area contributed by atoms with E-state index in [1.165, 1.54) is 4.31 Å². The molecule has 0 atom stereocenters. The van der Waals surface area contributed by atoms with E-state index in [1.54, 1.807) is 26.2 Å². The van der Waals surface area contributed by atoms with Crippen LogP contribution in [-0.4, -0.2) is 57.4 Å². The molecule has 0 N–H and O–H groups in total. The highest BCUT2D eigenvalue weighted by atomic mass is 32.2. The molecule has 2 aromatic rings. The van der Waals surface area contributed by atoms with Crippen LogP contribution in [0.25, 0.3) is 0 Å². The van der Waals surface area contributed by atoms with E-state index in [1.807, 2.05) is 23.1 Å². The Morgan fingerprint density at radius 2 is 1.77 bits per heavy atom. The molecule has 0 radical (unpaired) electrons. The number of amides is 1. The third kappa shape index (κ3) is 3.79. The molecule has 1 amide bonds. The lowest BCUT2D eigenvalue weighted by Crippen LogP contribution is -2.51. The maximum Gasteiger partial charge on any atom is 0.242 e. The number of fused-ring (bicyclic) bond motifs is 1. The number of nitrogens with zero attached hydrogens (tertiary/aromatic N) is 2. The summed E-state index contributed by atoms with van der Waals surface area (Å²) in [5.41, 5.74) is 3.35. The van der Waals surface area contributed by atoms with Crippen LogP contribution >= 0.6 is 0 Å². The van der Waals surface area contributed by atoms with E-state index in [9.17, 15) is 13.2 Å². The average Bonchev–Trinajstić information content (AvgIpc) is 2.78. The van der Waals surface area contributed by atoms with Gasteiger partial charge >= 0.3 is 0 Å². The Hall–Kier alpha value is -2.22. The Kier molecular flexibility index (Phi) is 5.94. The Balaban J connectivity index is 1.69. The van der Waals surface area contributed by atoms with Crippen LogP contribution in [0.2, 0.25) is 0 Å². The molecule has 0 spiro atoms. The lowest BCUT2D eigenvalue weighted by molar-refractivity contribution is -0.142. The highest BCUT2D eigenvalue weighted by molar-refractivity contribution is 7.89. The number of aryl methyl sites for hydroxylation is 1. The normalized spacial score (nSPS) is 18.6. The molecular weight excluding hydrogens is 412 g/mol. The van der Waals surface area contributed by atoms with Crippen molar-refractivity contribution in [2.75, 3.05) is 33.9 Å². The van der Waals surface area contributed by atoms with Crippen LogP contribution in [0.5, 0.6) is 0 Å². The number of hydrogen-bond acceptors (Lipinski definition) is 4. The zero-order valence-electron chi connectivity index (χ0n) is 18.4. The fraction of sp³-hybridized carbons (Fsp3) is 0.458. The first kappa shape index (κ1) is 22.0. The molecule has 2 aromatic carbocycles. The highest BCUT2D eigenvalue weighted by Crippen LogP contribution is 2.40. The van der Waals surface area contributed by atoms with Gasteiger partial charge in [-0.05, 0) is 54.5 Å². The van der Waals surface area contributed by atoms with E-state index >= 15 is 0 Å². The van der Waals surface area contributed by atoms with Crippen molar-refractivity contribution in [2.45, 2.75) is 43.0 Å². The third-order valence-electron chi connectivity index (χ3n) is 6.69. The molecular formula is C24H30N2O4S. The lowest BCUT2D eigenvalue weighted by atomic mass is 9.71. The molecule has 6 nitrogen and oxygen atoms in total. The van der Waals surface area contributed by atoms with Gasteiger partial charge in [-0.3, -0.25) is 4.79 Å². The summed E-state index contributed by atoms with van der Waals surface area (Å²) < 4.78 is 32.4. The summed E-state index contributed by atoms with van der Waals surface area (Å²) in [5.74, 6) is 0.122. The molecule has 0 aliphatic carbocycles. The Morgan fingerprint density at radius 1 is 1.06 bits per heavy atom. The summed E-state index contributed by atoms with van der Waals surface area (Å²) >= 11 is 0. The zero-order valence-corrected chi connectivity index (χ0v) is 19.2. The van der Waals surface area contributed by atoms with Crippen molar-refractivity contribution in [3.63, 3.8) is 0 Å². The van der Waals surface area contributed by atoms with E-state index in [4.69, 9.17) is 4.74 Å². The smallest absolute Gasteiger partial charge is 0.242 e. The minimum absolute atomic E-state index is 0.122. The van der Waals surface area contributed by atoms with Gasteiger partial charge in [0.1, 0.15) is 0 Å². The first-order valence-corrected chi connectivity index (χ1v) is 12.2. The summed E-state index contributed by atoms with van der Waals surface area (Å²) in [5, 5.41) is 0. The van der Waals surface area contributed by atoms with Crippen molar-refractivity contribution >= 4 is 15.9 Å². The maximum absolute atomic E-state index is 14.0. The molecule has 0 aromatic heterocycles. The molecule has 4 rings (SSSR count). The number of benzene rings is 2. The van der Waals surface area contributed by atoms with Crippen molar-refractivity contribution in [2.24, 2.45) is 0 Å². The predicted octanol–water partition coefficient (Wildman–Crippen LogP) is 2.88. The second kappa shape index (κ2) is 8.37. The van der Waals surface area contributed by atoms with E-state index < -0.39 is 15.4 Å². The van der Waals surface area contributed by atoms with Crippen LogP contribution in [0.4, 0.5) is 0 Å². The molecule has 166 valence electrons. The number of carbonyl (C=O) groups excluding carboxylic acids is 1. The lowest BCUT2D eigenvalue weighted by Gasteiger charge is -2.42. The SMILES string of the molecule is Cc1ccccc1C1(C(=O)N2CCc3c(cccc3S(=O)(=O)N(C)C)C2)CCOCC1. The quantitative estimate of drug-likeness (QED) is 0.730. The van der Waals surface area contributed by atoms with Crippen molar-refractivity contribution in [1.82, 2.24) is 9.21 Å². The van der Waals surface area contributed by atoms with E-state index in [2.05, 4.69) is 19.1 Å². The summed E-state index contributed by atoms with van der Waals surface area (Å²) in [6.45, 7) is 4.13. The van der Waals surface area contributed by atoms with Gasteiger partial charge in [-0.25, -0.2) is 12.7 Å². The average molecular weight is 443 g/mol. The van der Waals surface area contributed by atoms with Gasteiger partial charge in [0.05, 0.1) is 10.3 Å². The Bertz CT molecular complexity index is 1090. The molecule has 2 heterocycles. The molecule has 2 aliphatic heterocycles. The first-order valence-electron chi connectivity index (χ1n) is 10.7. The number of rotatable bonds is 4. The maximum atomic E-state index is 14.0. The largest absolute Gasteiger partial charge is 0.381 e. The van der Waals surface area contributed by atoms with Gasteiger partial charge < -0.3 is 9.64 Å². The van der Waals surface area contributed by atoms with Crippen molar-refractivity contribution in [3.8, 4) is 0 Å². The number of sulfonamides is 1. The van der Waals surface area contributed by atoms with Crippen LogP contribution in [0.1, 0.15) is 35.1 Å². The fourth-order valence-corrected chi connectivity index (χ4v) is 6.11. The van der Waals surface area contributed by atoms with E-state index in [0.717, 1.165) is 22.3 Å². The highest BCUT2D eigenvalue weighted by Gasteiger charge is 2.45. The van der Waals surface area contributed by atoms with E-state index in [0.29, 0.717) is 50.5 Å². The Morgan fingerprint density at radius 3 is 2.45 bits per heavy atom. The standard InChI is InChI=1S/C24H30N2O4S/c1-18-7-4-5-9-21(18)24(12-15-30-16-13-24)23(27)26-14-11-20-19(17-26)8-6-10-22(20)31(28,29)25(2)3/h4-10H,11-17H2,1-3H3. The van der Waals surface area contributed by atoms with Crippen molar-refractivity contribution in [1.29, 1.82) is 0 Å². The zero-order chi connectivity index (χ0) is 22.2. The van der Waals surface area contributed by atoms with Crippen LogP contribution in [0.3, 0.4) is 0 Å². The molecule has 0 unspecified atom stereocenters. The summed E-state index contributed by atoms with van der Waals surface area (Å²) in [6, 6.07) is 13.5. The Labute approximate surface area is 184 Å². The predicted molar refractivity (Wildman–Crippen MR) is 119 cm³/mol. The van der Waals surface area contributed by atoms with Gasteiger partial charge in [0.2, 0.25) is 15.9 Å². The third-order valence-corrected chi connectivity index (χ3v) is 8.58. The molecule has 7 heteroatoms. The summed E-state index contributed by atoms with van der Waals surface area (Å²) in [7, 11) is -0.432. The topological polar surface area (TPSA) is 66.9 Å². The molecule has 31 heavy (non-hydrogen) atoms. The van der Waals surface area contributed by atoms with Gasteiger partial charge in [-0.15, -0.1) is 0 Å².